The molecule has 0 fully saturated rings. The number of amides is 1. The van der Waals surface area contributed by atoms with E-state index in [0.29, 0.717) is 34.6 Å². The lowest BCUT2D eigenvalue weighted by Crippen LogP contribution is -2.35. The molecule has 3 aromatic heterocycles. The number of aromatic nitrogens is 5. The molecule has 16 heteroatoms. The van der Waals surface area contributed by atoms with Crippen LogP contribution in [0.3, 0.4) is 0 Å². The fourth-order valence-electron chi connectivity index (χ4n) is 6.63. The minimum Gasteiger partial charge on any atom is -0.382 e. The van der Waals surface area contributed by atoms with Crippen LogP contribution in [0.25, 0.3) is 22.0 Å². The molecule has 3 heterocycles. The quantitative estimate of drug-likeness (QED) is 0.121. The van der Waals surface area contributed by atoms with Gasteiger partial charge in [-0.15, -0.1) is 6.42 Å². The number of benzene rings is 2. The lowest BCUT2D eigenvalue weighted by Gasteiger charge is -2.23. The largest absolute Gasteiger partial charge is 0.435 e. The SMILES string of the molecule is C#CC1CC(F)(F)c2c1c(C(F)(F)F)nn2CC(=O)NC(Cc1cc(F)cc(F)c1)c1nc(C#CC(C)(C)O)ccc1-c1cccc2c(N)nn(CC)c12. The van der Waals surface area contributed by atoms with Crippen LogP contribution in [0, 0.1) is 35.8 Å². The van der Waals surface area contributed by atoms with Crippen molar-refractivity contribution in [1.29, 1.82) is 0 Å². The smallest absolute Gasteiger partial charge is 0.382 e. The van der Waals surface area contributed by atoms with Gasteiger partial charge >= 0.3 is 6.18 Å². The van der Waals surface area contributed by atoms with Crippen LogP contribution in [0.2, 0.25) is 0 Å². The first kappa shape index (κ1) is 37.9. The van der Waals surface area contributed by atoms with E-state index in [-0.39, 0.29) is 33.9 Å². The number of nitrogens with one attached hydrogen (secondary N) is 1. The van der Waals surface area contributed by atoms with Gasteiger partial charge in [-0.3, -0.25) is 14.2 Å². The highest BCUT2D eigenvalue weighted by atomic mass is 19.4. The normalized spacial score (nSPS) is 15.7. The van der Waals surface area contributed by atoms with Gasteiger partial charge in [0.05, 0.1) is 23.2 Å². The highest BCUT2D eigenvalue weighted by Crippen LogP contribution is 2.52. The van der Waals surface area contributed by atoms with Crippen LogP contribution in [0.15, 0.2) is 48.5 Å². The second-order valence-electron chi connectivity index (χ2n) is 13.3. The molecule has 0 bridgehead atoms. The number of alkyl halides is 5. The van der Waals surface area contributed by atoms with Crippen molar-refractivity contribution in [3.63, 3.8) is 0 Å². The van der Waals surface area contributed by atoms with Crippen LogP contribution < -0.4 is 11.1 Å². The Hall–Kier alpha value is -5.87. The van der Waals surface area contributed by atoms with Gasteiger partial charge in [0.15, 0.2) is 11.5 Å². The summed E-state index contributed by atoms with van der Waals surface area (Å²) >= 11 is 0. The monoisotopic (exact) mass is 751 g/mol. The third-order valence-corrected chi connectivity index (χ3v) is 8.74. The van der Waals surface area contributed by atoms with E-state index in [9.17, 15) is 31.9 Å². The van der Waals surface area contributed by atoms with Crippen molar-refractivity contribution < 1.29 is 40.6 Å². The molecule has 0 saturated carbocycles. The number of nitrogens with zero attached hydrogens (tertiary/aromatic N) is 5. The van der Waals surface area contributed by atoms with E-state index in [4.69, 9.17) is 17.1 Å². The standard InChI is InChI=1S/C38H32F7N7O2/c1-5-21-18-37(41,42)34-30(21)33(38(43,44)45)49-52(34)19-29(53)48-28(16-20-14-22(39)17-23(40)15-20)31-25(11-10-24(47-31)12-13-36(3,4)54)26-8-7-9-27-32(26)51(6-2)50-35(27)46/h1,7-11,14-15,17,21,28,54H,6,16,18-19H2,2-4H3,(H2,46,50)(H,48,53). The zero-order valence-corrected chi connectivity index (χ0v) is 29.0. The van der Waals surface area contributed by atoms with E-state index in [2.05, 4.69) is 27.4 Å². The first-order valence-corrected chi connectivity index (χ1v) is 16.6. The molecule has 4 N–H and O–H groups in total. The number of nitrogens with two attached hydrogens (primary N) is 1. The maximum atomic E-state index is 15.2. The molecule has 1 amide bonds. The van der Waals surface area contributed by atoms with E-state index in [1.165, 1.54) is 13.8 Å². The Balaban J connectivity index is 1.52. The second kappa shape index (κ2) is 13.8. The number of carbonyl (C=O) groups is 1. The molecule has 2 aromatic carbocycles. The van der Waals surface area contributed by atoms with Gasteiger partial charge in [-0.05, 0) is 69.0 Å². The number of pyridine rings is 1. The zero-order chi connectivity index (χ0) is 39.3. The molecular formula is C38H32F7N7O2. The second-order valence-corrected chi connectivity index (χ2v) is 13.3. The number of aliphatic hydroxyl groups is 1. The average Bonchev–Trinajstić information content (AvgIpc) is 3.72. The molecule has 9 nitrogen and oxygen atoms in total. The lowest BCUT2D eigenvalue weighted by atomic mass is 9.93. The fourth-order valence-corrected chi connectivity index (χ4v) is 6.63. The predicted molar refractivity (Wildman–Crippen MR) is 184 cm³/mol. The first-order chi connectivity index (χ1) is 25.3. The number of carbonyl (C=O) groups excluding carboxylic acids is 1. The number of halogens is 7. The van der Waals surface area contributed by atoms with E-state index in [1.54, 1.807) is 35.0 Å². The first-order valence-electron chi connectivity index (χ1n) is 16.6. The Morgan fingerprint density at radius 2 is 1.80 bits per heavy atom. The average molecular weight is 752 g/mol. The van der Waals surface area contributed by atoms with E-state index < -0.39 is 77.1 Å². The minimum atomic E-state index is -5.16. The molecule has 1 aliphatic carbocycles. The lowest BCUT2D eigenvalue weighted by molar-refractivity contribution is -0.142. The van der Waals surface area contributed by atoms with Crippen LogP contribution in [0.5, 0.6) is 0 Å². The Kier molecular flexibility index (Phi) is 9.71. The predicted octanol–water partition coefficient (Wildman–Crippen LogP) is 6.63. The van der Waals surface area contributed by atoms with E-state index in [1.807, 2.05) is 12.8 Å². The number of anilines is 1. The molecule has 2 atom stereocenters. The van der Waals surface area contributed by atoms with Gasteiger partial charge in [-0.2, -0.15) is 32.1 Å². The number of rotatable bonds is 8. The third-order valence-electron chi connectivity index (χ3n) is 8.74. The molecule has 280 valence electrons. The number of fused-ring (bicyclic) bond motifs is 2. The topological polar surface area (TPSA) is 124 Å². The van der Waals surface area contributed by atoms with Gasteiger partial charge in [-0.1, -0.05) is 24.0 Å². The Bertz CT molecular complexity index is 2370. The molecule has 1 aliphatic rings. The maximum absolute atomic E-state index is 15.2. The summed E-state index contributed by atoms with van der Waals surface area (Å²) in [4.78, 5) is 18.5. The Morgan fingerprint density at radius 1 is 1.09 bits per heavy atom. The molecule has 0 spiro atoms. The van der Waals surface area contributed by atoms with Gasteiger partial charge in [0.25, 0.3) is 5.92 Å². The summed E-state index contributed by atoms with van der Waals surface area (Å²) in [5, 5.41) is 21.3. The molecule has 0 aliphatic heterocycles. The summed E-state index contributed by atoms with van der Waals surface area (Å²) < 4.78 is 103. The highest BCUT2D eigenvalue weighted by molar-refractivity contribution is 6.00. The summed E-state index contributed by atoms with van der Waals surface area (Å²) in [6.07, 6.45) is -1.28. The summed E-state index contributed by atoms with van der Waals surface area (Å²) in [6.45, 7) is 4.01. The molecule has 0 saturated heterocycles. The number of hydrogen-bond donors (Lipinski definition) is 3. The van der Waals surface area contributed by atoms with Crippen molar-refractivity contribution >= 4 is 22.6 Å². The molecular weight excluding hydrogens is 719 g/mol. The summed E-state index contributed by atoms with van der Waals surface area (Å²) in [5.41, 5.74) is 2.84. The van der Waals surface area contributed by atoms with Crippen LogP contribution >= 0.6 is 0 Å². The number of para-hydroxylation sites is 1. The fraction of sp³-hybridized carbons (Fsp3) is 0.316. The molecule has 6 rings (SSSR count). The van der Waals surface area contributed by atoms with Crippen LogP contribution in [-0.4, -0.2) is 41.2 Å². The van der Waals surface area contributed by atoms with Gasteiger partial charge in [0, 0.05) is 41.1 Å². The summed E-state index contributed by atoms with van der Waals surface area (Å²) in [6, 6.07) is 9.72. The van der Waals surface area contributed by atoms with Crippen molar-refractivity contribution in [3.8, 4) is 35.3 Å². The van der Waals surface area contributed by atoms with E-state index in [0.717, 1.165) is 12.1 Å². The van der Waals surface area contributed by atoms with Crippen molar-refractivity contribution in [2.45, 2.75) is 76.4 Å². The van der Waals surface area contributed by atoms with Crippen molar-refractivity contribution in [1.82, 2.24) is 29.9 Å². The van der Waals surface area contributed by atoms with Gasteiger partial charge in [0.2, 0.25) is 5.91 Å². The number of nitrogen functional groups attached to an aromatic ring is 1. The Morgan fingerprint density at radius 3 is 2.43 bits per heavy atom. The van der Waals surface area contributed by atoms with Gasteiger partial charge in [0.1, 0.15) is 35.2 Å². The van der Waals surface area contributed by atoms with Crippen molar-refractivity contribution in [2.24, 2.45) is 0 Å². The van der Waals surface area contributed by atoms with Crippen LogP contribution in [0.4, 0.5) is 36.6 Å². The summed E-state index contributed by atoms with van der Waals surface area (Å²) in [5.74, 6) is -0.796. The van der Waals surface area contributed by atoms with Crippen LogP contribution in [-0.2, 0) is 36.4 Å². The zero-order valence-electron chi connectivity index (χ0n) is 29.0. The van der Waals surface area contributed by atoms with Crippen molar-refractivity contribution in [2.75, 3.05) is 5.73 Å². The maximum Gasteiger partial charge on any atom is 0.435 e. The highest BCUT2D eigenvalue weighted by Gasteiger charge is 2.54. The number of hydrogen-bond acceptors (Lipinski definition) is 6. The molecule has 54 heavy (non-hydrogen) atoms. The number of terminal acetylenes is 1. The molecule has 2 unspecified atom stereocenters. The third kappa shape index (κ3) is 7.47. The molecule has 5 aromatic rings. The summed E-state index contributed by atoms with van der Waals surface area (Å²) in [7, 11) is 0. The van der Waals surface area contributed by atoms with Gasteiger partial charge < -0.3 is 16.2 Å². The number of aryl methyl sites for hydroxylation is 1. The Labute approximate surface area is 304 Å². The van der Waals surface area contributed by atoms with Crippen molar-refractivity contribution in [3.05, 3.63) is 94.1 Å². The van der Waals surface area contributed by atoms with E-state index >= 15 is 8.78 Å². The van der Waals surface area contributed by atoms with Crippen LogP contribution in [0.1, 0.15) is 73.1 Å². The van der Waals surface area contributed by atoms with Gasteiger partial charge in [-0.25, -0.2) is 13.8 Å². The minimum absolute atomic E-state index is 0.0438. The molecule has 0 radical (unpaired) electrons.